The monoisotopic (exact) mass is 335 g/mol. The van der Waals surface area contributed by atoms with Gasteiger partial charge >= 0.3 is 0 Å². The minimum absolute atomic E-state index is 0.0308. The summed E-state index contributed by atoms with van der Waals surface area (Å²) in [5.74, 6) is 0.296. The summed E-state index contributed by atoms with van der Waals surface area (Å²) in [4.78, 5) is 8.27. The van der Waals surface area contributed by atoms with Crippen LogP contribution in [0.15, 0.2) is 30.4 Å². The lowest BCUT2D eigenvalue weighted by atomic mass is 9.57. The predicted octanol–water partition coefficient (Wildman–Crippen LogP) is 2.16. The lowest BCUT2D eigenvalue weighted by molar-refractivity contribution is 0.0671. The molecule has 0 saturated heterocycles. The van der Waals surface area contributed by atoms with Gasteiger partial charge in [0.15, 0.2) is 0 Å². The first-order chi connectivity index (χ1) is 12.0. The van der Waals surface area contributed by atoms with Crippen molar-refractivity contribution in [3.05, 3.63) is 41.6 Å². The van der Waals surface area contributed by atoms with Gasteiger partial charge in [0.2, 0.25) is 0 Å². The van der Waals surface area contributed by atoms with E-state index in [4.69, 9.17) is 5.10 Å². The average molecular weight is 335 g/mol. The third-order valence-corrected chi connectivity index (χ3v) is 6.00. The maximum absolute atomic E-state index is 10.4. The van der Waals surface area contributed by atoms with Crippen LogP contribution in [0.5, 0.6) is 0 Å². The maximum Gasteiger partial charge on any atom is 0.115 e. The van der Waals surface area contributed by atoms with Crippen molar-refractivity contribution in [3.8, 4) is 17.3 Å². The van der Waals surface area contributed by atoms with Crippen LogP contribution in [0.3, 0.4) is 0 Å². The molecule has 2 aromatic rings. The van der Waals surface area contributed by atoms with Crippen molar-refractivity contribution >= 4 is 0 Å². The molecule has 4 atom stereocenters. The van der Waals surface area contributed by atoms with Gasteiger partial charge in [0, 0.05) is 36.0 Å². The van der Waals surface area contributed by atoms with E-state index in [1.165, 1.54) is 11.9 Å². The fourth-order valence-electron chi connectivity index (χ4n) is 4.79. The Morgan fingerprint density at radius 2 is 2.08 bits per heavy atom. The summed E-state index contributed by atoms with van der Waals surface area (Å²) in [6, 6.07) is 2.18. The molecule has 2 aliphatic carbocycles. The Balaban J connectivity index is 1.93. The molecule has 0 aromatic carbocycles. The van der Waals surface area contributed by atoms with Crippen molar-refractivity contribution in [2.45, 2.75) is 38.2 Å². The first-order valence-corrected chi connectivity index (χ1v) is 8.60. The van der Waals surface area contributed by atoms with E-state index in [1.807, 2.05) is 37.1 Å². The molecule has 0 amide bonds. The minimum atomic E-state index is -0.685. The van der Waals surface area contributed by atoms with Gasteiger partial charge in [0.05, 0.1) is 29.1 Å². The van der Waals surface area contributed by atoms with E-state index in [-0.39, 0.29) is 17.3 Å². The molecule has 1 N–H and O–H groups in total. The van der Waals surface area contributed by atoms with Crippen LogP contribution in [0.2, 0.25) is 0 Å². The van der Waals surface area contributed by atoms with Gasteiger partial charge in [-0.15, -0.1) is 0 Å². The lowest BCUT2D eigenvalue weighted by Gasteiger charge is -2.46. The number of aliphatic hydroxyl groups is 1. The lowest BCUT2D eigenvalue weighted by Crippen LogP contribution is -2.47. The van der Waals surface area contributed by atoms with E-state index in [0.717, 1.165) is 29.8 Å². The Morgan fingerprint density at radius 3 is 2.76 bits per heavy atom. The van der Waals surface area contributed by atoms with Crippen LogP contribution in [0.4, 0.5) is 0 Å². The number of nitriles is 1. The van der Waals surface area contributed by atoms with E-state index in [0.29, 0.717) is 5.57 Å². The van der Waals surface area contributed by atoms with Crippen LogP contribution in [-0.2, 0) is 18.9 Å². The van der Waals surface area contributed by atoms with Crippen LogP contribution in [0.1, 0.15) is 31.5 Å². The zero-order valence-electron chi connectivity index (χ0n) is 14.6. The number of hydrogen-bond acceptors (Lipinski definition) is 5. The van der Waals surface area contributed by atoms with Crippen molar-refractivity contribution in [2.75, 3.05) is 0 Å². The molecule has 0 aliphatic heterocycles. The Bertz CT molecular complexity index is 895. The van der Waals surface area contributed by atoms with Gasteiger partial charge in [-0.1, -0.05) is 19.9 Å². The molecule has 128 valence electrons. The number of aryl methyl sites for hydroxylation is 1. The topological polar surface area (TPSA) is 87.6 Å². The number of nitrogens with zero attached hydrogens (tertiary/aromatic N) is 5. The molecule has 2 aliphatic rings. The van der Waals surface area contributed by atoms with Gasteiger partial charge in [0.25, 0.3) is 0 Å². The van der Waals surface area contributed by atoms with Gasteiger partial charge in [-0.2, -0.15) is 10.4 Å². The standard InChI is InChI=1S/C19H21N5O/c1-11-15-5-4-14-16(13-8-21-10-22-9-13)24(3)23-18(14)19(15,2)6-12(7-20)17(11)25/h6,8-11,15,17,25H,4-5H2,1-3H3/t11-,15-,17?,19-/m0/s1. The Kier molecular flexibility index (Phi) is 3.51. The molecular weight excluding hydrogens is 314 g/mol. The first-order valence-electron chi connectivity index (χ1n) is 8.60. The summed E-state index contributed by atoms with van der Waals surface area (Å²) in [7, 11) is 1.94. The highest BCUT2D eigenvalue weighted by molar-refractivity contribution is 5.65. The number of aromatic nitrogens is 4. The van der Waals surface area contributed by atoms with E-state index < -0.39 is 6.10 Å². The largest absolute Gasteiger partial charge is 0.387 e. The van der Waals surface area contributed by atoms with Crippen LogP contribution in [-0.4, -0.2) is 31.0 Å². The molecular formula is C19H21N5O. The van der Waals surface area contributed by atoms with E-state index >= 15 is 0 Å². The van der Waals surface area contributed by atoms with Gasteiger partial charge in [-0.3, -0.25) is 4.68 Å². The number of rotatable bonds is 1. The normalized spacial score (nSPS) is 30.8. The van der Waals surface area contributed by atoms with Crippen molar-refractivity contribution in [1.82, 2.24) is 19.7 Å². The second-order valence-electron chi connectivity index (χ2n) is 7.37. The molecule has 0 fully saturated rings. The second kappa shape index (κ2) is 5.50. The van der Waals surface area contributed by atoms with Crippen molar-refractivity contribution in [2.24, 2.45) is 18.9 Å². The molecule has 2 heterocycles. The zero-order chi connectivity index (χ0) is 17.8. The minimum Gasteiger partial charge on any atom is -0.387 e. The summed E-state index contributed by atoms with van der Waals surface area (Å²) < 4.78 is 1.90. The molecule has 0 radical (unpaired) electrons. The smallest absolute Gasteiger partial charge is 0.115 e. The fourth-order valence-corrected chi connectivity index (χ4v) is 4.79. The predicted molar refractivity (Wildman–Crippen MR) is 92.3 cm³/mol. The third-order valence-electron chi connectivity index (χ3n) is 6.00. The van der Waals surface area contributed by atoms with Crippen LogP contribution in [0.25, 0.3) is 11.3 Å². The second-order valence-corrected chi connectivity index (χ2v) is 7.37. The summed E-state index contributed by atoms with van der Waals surface area (Å²) >= 11 is 0. The van der Waals surface area contributed by atoms with Crippen molar-refractivity contribution in [1.29, 1.82) is 5.26 Å². The molecule has 0 bridgehead atoms. The van der Waals surface area contributed by atoms with Gasteiger partial charge in [-0.05, 0) is 24.7 Å². The Hall–Kier alpha value is -2.52. The highest BCUT2D eigenvalue weighted by Crippen LogP contribution is 2.51. The maximum atomic E-state index is 10.4. The van der Waals surface area contributed by atoms with Crippen molar-refractivity contribution in [3.63, 3.8) is 0 Å². The molecule has 25 heavy (non-hydrogen) atoms. The Morgan fingerprint density at radius 1 is 1.36 bits per heavy atom. The summed E-state index contributed by atoms with van der Waals surface area (Å²) in [5.41, 5.74) is 4.32. The Labute approximate surface area is 146 Å². The third kappa shape index (κ3) is 2.16. The van der Waals surface area contributed by atoms with Gasteiger partial charge in [-0.25, -0.2) is 9.97 Å². The van der Waals surface area contributed by atoms with Crippen LogP contribution < -0.4 is 0 Å². The van der Waals surface area contributed by atoms with Gasteiger partial charge < -0.3 is 5.11 Å². The molecule has 0 spiro atoms. The highest BCUT2D eigenvalue weighted by atomic mass is 16.3. The average Bonchev–Trinajstić information content (AvgIpc) is 2.96. The molecule has 6 nitrogen and oxygen atoms in total. The van der Waals surface area contributed by atoms with Crippen LogP contribution >= 0.6 is 0 Å². The van der Waals surface area contributed by atoms with E-state index in [1.54, 1.807) is 0 Å². The van der Waals surface area contributed by atoms with Gasteiger partial charge in [0.1, 0.15) is 6.33 Å². The number of aliphatic hydroxyl groups excluding tert-OH is 1. The quantitative estimate of drug-likeness (QED) is 0.863. The molecule has 2 aromatic heterocycles. The SMILES string of the molecule is C[C@@H]1C(O)C(C#N)=C[C@]2(C)c3nn(C)c(-c4cncnc4)c3CC[C@@H]12. The zero-order valence-corrected chi connectivity index (χ0v) is 14.6. The fraction of sp³-hybridized carbons (Fsp3) is 0.474. The summed E-state index contributed by atoms with van der Waals surface area (Å²) in [5, 5.41) is 24.7. The summed E-state index contributed by atoms with van der Waals surface area (Å²) in [6.07, 6.45) is 8.26. The summed E-state index contributed by atoms with van der Waals surface area (Å²) in [6.45, 7) is 4.19. The molecule has 6 heteroatoms. The number of allylic oxidation sites excluding steroid dienone is 1. The van der Waals surface area contributed by atoms with Crippen LogP contribution in [0, 0.1) is 23.2 Å². The molecule has 1 unspecified atom stereocenters. The first kappa shape index (κ1) is 16.0. The van der Waals surface area contributed by atoms with E-state index in [2.05, 4.69) is 23.0 Å². The number of hydrogen-bond donors (Lipinski definition) is 1. The molecule has 4 rings (SSSR count). The molecule has 0 saturated carbocycles. The van der Waals surface area contributed by atoms with Crippen molar-refractivity contribution < 1.29 is 5.11 Å². The number of fused-ring (bicyclic) bond motifs is 3. The highest BCUT2D eigenvalue weighted by Gasteiger charge is 2.50. The van der Waals surface area contributed by atoms with E-state index in [9.17, 15) is 10.4 Å².